The van der Waals surface area contributed by atoms with Crippen LogP contribution in [-0.2, 0) is 15.1 Å². The molecule has 0 amide bonds. The predicted molar refractivity (Wildman–Crippen MR) is 59.2 cm³/mol. The molecule has 0 aliphatic carbocycles. The van der Waals surface area contributed by atoms with Crippen molar-refractivity contribution in [3.63, 3.8) is 0 Å². The van der Waals surface area contributed by atoms with Crippen LogP contribution in [-0.4, -0.2) is 25.3 Å². The van der Waals surface area contributed by atoms with E-state index in [1.54, 1.807) is 38.3 Å². The first-order valence-corrected chi connectivity index (χ1v) is 5.03. The number of aliphatic hydroxyl groups is 1. The summed E-state index contributed by atoms with van der Waals surface area (Å²) in [6.45, 7) is 1.72. The maximum Gasteiger partial charge on any atom is 0.342 e. The van der Waals surface area contributed by atoms with Gasteiger partial charge in [0.05, 0.1) is 14.2 Å². The molecule has 1 rings (SSSR count). The highest BCUT2D eigenvalue weighted by Crippen LogP contribution is 2.27. The molecule has 4 nitrogen and oxygen atoms in total. The number of hydrogen-bond acceptors (Lipinski definition) is 4. The van der Waals surface area contributed by atoms with Crippen molar-refractivity contribution in [3.05, 3.63) is 29.8 Å². The molecule has 0 aliphatic heterocycles. The quantitative estimate of drug-likeness (QED) is 0.787. The van der Waals surface area contributed by atoms with Gasteiger partial charge in [-0.3, -0.25) is 0 Å². The molecular formula is C12H16O4. The van der Waals surface area contributed by atoms with Gasteiger partial charge in [0.1, 0.15) is 5.75 Å². The molecule has 4 heteroatoms. The number of esters is 1. The number of ether oxygens (including phenoxy) is 2. The Bertz CT molecular complexity index is 358. The summed E-state index contributed by atoms with van der Waals surface area (Å²) in [7, 11) is 2.81. The lowest BCUT2D eigenvalue weighted by atomic mass is 9.91. The van der Waals surface area contributed by atoms with Crippen molar-refractivity contribution < 1.29 is 19.4 Å². The topological polar surface area (TPSA) is 55.8 Å². The monoisotopic (exact) mass is 224 g/mol. The van der Waals surface area contributed by atoms with Crippen molar-refractivity contribution in [3.8, 4) is 5.75 Å². The first-order valence-electron chi connectivity index (χ1n) is 5.03. The standard InChI is InChI=1S/C12H16O4/c1-4-12(14,11(13)16-3)9-5-7-10(15-2)8-6-9/h5-8,14H,4H2,1-3H3/t12-/m1/s1. The number of rotatable bonds is 4. The Morgan fingerprint density at radius 1 is 1.31 bits per heavy atom. The van der Waals surface area contributed by atoms with Gasteiger partial charge >= 0.3 is 5.97 Å². The molecule has 1 atom stereocenters. The highest BCUT2D eigenvalue weighted by molar-refractivity contribution is 5.80. The molecule has 0 heterocycles. The molecular weight excluding hydrogens is 208 g/mol. The van der Waals surface area contributed by atoms with Crippen molar-refractivity contribution >= 4 is 5.97 Å². The number of benzene rings is 1. The van der Waals surface area contributed by atoms with Gasteiger partial charge in [-0.25, -0.2) is 4.79 Å². The molecule has 16 heavy (non-hydrogen) atoms. The Labute approximate surface area is 94.8 Å². The number of hydrogen-bond donors (Lipinski definition) is 1. The summed E-state index contributed by atoms with van der Waals surface area (Å²) in [6, 6.07) is 6.69. The Kier molecular flexibility index (Phi) is 3.90. The summed E-state index contributed by atoms with van der Waals surface area (Å²) < 4.78 is 9.60. The summed E-state index contributed by atoms with van der Waals surface area (Å²) in [5.41, 5.74) is -1.08. The normalized spacial score (nSPS) is 14.0. The van der Waals surface area contributed by atoms with E-state index in [4.69, 9.17) is 4.74 Å². The maximum absolute atomic E-state index is 11.5. The average Bonchev–Trinajstić information content (AvgIpc) is 2.36. The zero-order valence-electron chi connectivity index (χ0n) is 9.69. The van der Waals surface area contributed by atoms with E-state index in [0.717, 1.165) is 0 Å². The van der Waals surface area contributed by atoms with Gasteiger partial charge in [0, 0.05) is 0 Å². The van der Waals surface area contributed by atoms with E-state index in [0.29, 0.717) is 11.3 Å². The van der Waals surface area contributed by atoms with Crippen LogP contribution in [0.2, 0.25) is 0 Å². The number of carbonyl (C=O) groups excluding carboxylic acids is 1. The highest BCUT2D eigenvalue weighted by atomic mass is 16.5. The second-order valence-corrected chi connectivity index (χ2v) is 3.43. The molecule has 1 aromatic carbocycles. The molecule has 0 unspecified atom stereocenters. The zero-order valence-corrected chi connectivity index (χ0v) is 9.69. The Balaban J connectivity index is 3.07. The van der Waals surface area contributed by atoms with Crippen LogP contribution in [0.15, 0.2) is 24.3 Å². The van der Waals surface area contributed by atoms with Crippen LogP contribution in [0.5, 0.6) is 5.75 Å². The largest absolute Gasteiger partial charge is 0.497 e. The lowest BCUT2D eigenvalue weighted by Gasteiger charge is -2.24. The van der Waals surface area contributed by atoms with Gasteiger partial charge in [0.15, 0.2) is 5.60 Å². The van der Waals surface area contributed by atoms with Crippen LogP contribution in [0.3, 0.4) is 0 Å². The van der Waals surface area contributed by atoms with E-state index >= 15 is 0 Å². The molecule has 0 radical (unpaired) electrons. The van der Waals surface area contributed by atoms with Crippen molar-refractivity contribution in [2.45, 2.75) is 18.9 Å². The smallest absolute Gasteiger partial charge is 0.342 e. The fourth-order valence-electron chi connectivity index (χ4n) is 1.50. The van der Waals surface area contributed by atoms with E-state index in [2.05, 4.69) is 4.74 Å². The van der Waals surface area contributed by atoms with Gasteiger partial charge in [0.25, 0.3) is 0 Å². The SMILES string of the molecule is CC[C@](O)(C(=O)OC)c1ccc(OC)cc1. The molecule has 1 N–H and O–H groups in total. The van der Waals surface area contributed by atoms with Crippen LogP contribution in [0.4, 0.5) is 0 Å². The number of carbonyl (C=O) groups is 1. The molecule has 0 saturated carbocycles. The van der Waals surface area contributed by atoms with Gasteiger partial charge in [0.2, 0.25) is 0 Å². The minimum Gasteiger partial charge on any atom is -0.497 e. The summed E-state index contributed by atoms with van der Waals surface area (Å²) in [4.78, 5) is 11.5. The first kappa shape index (κ1) is 12.5. The van der Waals surface area contributed by atoms with Gasteiger partial charge < -0.3 is 14.6 Å². The average molecular weight is 224 g/mol. The van der Waals surface area contributed by atoms with Crippen molar-refractivity contribution in [2.24, 2.45) is 0 Å². The predicted octanol–water partition coefficient (Wildman–Crippen LogP) is 1.47. The summed E-state index contributed by atoms with van der Waals surface area (Å²) in [6.07, 6.45) is 0.256. The van der Waals surface area contributed by atoms with Crippen LogP contribution >= 0.6 is 0 Å². The van der Waals surface area contributed by atoms with E-state index in [1.807, 2.05) is 0 Å². The molecule has 0 spiro atoms. The summed E-state index contributed by atoms with van der Waals surface area (Å²) >= 11 is 0. The van der Waals surface area contributed by atoms with Gasteiger partial charge in [-0.1, -0.05) is 19.1 Å². The first-order chi connectivity index (χ1) is 7.58. The van der Waals surface area contributed by atoms with Gasteiger partial charge in [-0.15, -0.1) is 0 Å². The highest BCUT2D eigenvalue weighted by Gasteiger charge is 2.37. The van der Waals surface area contributed by atoms with Crippen LogP contribution in [0, 0.1) is 0 Å². The molecule has 0 fully saturated rings. The lowest BCUT2D eigenvalue weighted by Crippen LogP contribution is -2.36. The Hall–Kier alpha value is -1.55. The van der Waals surface area contributed by atoms with Crippen molar-refractivity contribution in [2.75, 3.05) is 14.2 Å². The lowest BCUT2D eigenvalue weighted by molar-refractivity contribution is -0.164. The van der Waals surface area contributed by atoms with Crippen LogP contribution < -0.4 is 4.74 Å². The van der Waals surface area contributed by atoms with E-state index in [-0.39, 0.29) is 6.42 Å². The molecule has 0 aliphatic rings. The minimum absolute atomic E-state index is 0.256. The summed E-state index contributed by atoms with van der Waals surface area (Å²) in [5.74, 6) is 0.0206. The van der Waals surface area contributed by atoms with Gasteiger partial charge in [-0.05, 0) is 24.1 Å². The zero-order chi connectivity index (χ0) is 12.2. The molecule has 0 aromatic heterocycles. The molecule has 88 valence electrons. The van der Waals surface area contributed by atoms with E-state index in [1.165, 1.54) is 7.11 Å². The molecule has 0 saturated heterocycles. The maximum atomic E-state index is 11.5. The molecule has 1 aromatic rings. The molecule has 0 bridgehead atoms. The van der Waals surface area contributed by atoms with Crippen LogP contribution in [0.1, 0.15) is 18.9 Å². The fraction of sp³-hybridized carbons (Fsp3) is 0.417. The number of methoxy groups -OCH3 is 2. The Morgan fingerprint density at radius 3 is 2.25 bits per heavy atom. The van der Waals surface area contributed by atoms with Crippen molar-refractivity contribution in [1.82, 2.24) is 0 Å². The van der Waals surface area contributed by atoms with E-state index < -0.39 is 11.6 Å². The Morgan fingerprint density at radius 2 is 1.88 bits per heavy atom. The minimum atomic E-state index is -1.58. The van der Waals surface area contributed by atoms with E-state index in [9.17, 15) is 9.90 Å². The fourth-order valence-corrected chi connectivity index (χ4v) is 1.50. The van der Waals surface area contributed by atoms with Crippen molar-refractivity contribution in [1.29, 1.82) is 0 Å². The van der Waals surface area contributed by atoms with Gasteiger partial charge in [-0.2, -0.15) is 0 Å². The summed E-state index contributed by atoms with van der Waals surface area (Å²) in [5, 5.41) is 10.2. The third kappa shape index (κ3) is 2.17. The third-order valence-corrected chi connectivity index (χ3v) is 2.60. The third-order valence-electron chi connectivity index (χ3n) is 2.60. The second-order valence-electron chi connectivity index (χ2n) is 3.43. The van der Waals surface area contributed by atoms with Crippen LogP contribution in [0.25, 0.3) is 0 Å². The second kappa shape index (κ2) is 4.99.